The predicted molar refractivity (Wildman–Crippen MR) is 112 cm³/mol. The Morgan fingerprint density at radius 2 is 1.86 bits per heavy atom. The van der Waals surface area contributed by atoms with E-state index in [9.17, 15) is 14.9 Å². The molecule has 0 bridgehead atoms. The number of carbonyl (C=O) groups is 1. The highest BCUT2D eigenvalue weighted by molar-refractivity contribution is 6.07. The number of carbonyl (C=O) groups excluding carboxylic acids is 1. The third-order valence-corrected chi connectivity index (χ3v) is 5.52. The second-order valence-corrected chi connectivity index (χ2v) is 7.48. The van der Waals surface area contributed by atoms with Gasteiger partial charge in [0, 0.05) is 42.3 Å². The molecule has 2 aromatic carbocycles. The number of piperidine rings is 1. The van der Waals surface area contributed by atoms with Gasteiger partial charge in [-0.1, -0.05) is 30.7 Å². The number of benzene rings is 2. The molecule has 2 N–H and O–H groups in total. The van der Waals surface area contributed by atoms with Crippen LogP contribution in [0.2, 0.25) is 0 Å². The molecule has 1 amide bonds. The summed E-state index contributed by atoms with van der Waals surface area (Å²) in [6.45, 7) is 3.55. The monoisotopic (exact) mass is 392 g/mol. The number of H-pyrrole nitrogens is 1. The highest BCUT2D eigenvalue weighted by Crippen LogP contribution is 2.24. The lowest BCUT2D eigenvalue weighted by molar-refractivity contribution is -0.384. The van der Waals surface area contributed by atoms with Gasteiger partial charge in [0.2, 0.25) is 0 Å². The largest absolute Gasteiger partial charge is 0.360 e. The number of likely N-dealkylation sites (tertiary alicyclic amines) is 1. The van der Waals surface area contributed by atoms with Crippen LogP contribution in [0.15, 0.2) is 48.7 Å². The molecule has 7 heteroatoms. The van der Waals surface area contributed by atoms with Crippen molar-refractivity contribution in [3.8, 4) is 0 Å². The Kier molecular flexibility index (Phi) is 5.57. The molecule has 0 aliphatic carbocycles. The second kappa shape index (κ2) is 8.45. The molecule has 1 saturated heterocycles. The number of nitro benzene ring substituents is 1. The van der Waals surface area contributed by atoms with Gasteiger partial charge in [-0.15, -0.1) is 0 Å². The maximum Gasteiger partial charge on any atom is 0.270 e. The van der Waals surface area contributed by atoms with Gasteiger partial charge < -0.3 is 10.3 Å². The lowest BCUT2D eigenvalue weighted by Gasteiger charge is -2.27. The Balaban J connectivity index is 1.48. The fourth-order valence-corrected chi connectivity index (χ4v) is 3.92. The van der Waals surface area contributed by atoms with Crippen LogP contribution in [0.4, 0.5) is 5.69 Å². The first kappa shape index (κ1) is 19.1. The third kappa shape index (κ3) is 4.30. The van der Waals surface area contributed by atoms with Crippen molar-refractivity contribution in [2.45, 2.75) is 32.4 Å². The molecule has 1 aromatic heterocycles. The van der Waals surface area contributed by atoms with Crippen LogP contribution in [0.1, 0.15) is 40.7 Å². The van der Waals surface area contributed by atoms with E-state index in [1.807, 2.05) is 18.2 Å². The number of aromatic nitrogens is 1. The second-order valence-electron chi connectivity index (χ2n) is 7.48. The van der Waals surface area contributed by atoms with E-state index in [0.717, 1.165) is 25.2 Å². The maximum absolute atomic E-state index is 12.8. The zero-order valence-electron chi connectivity index (χ0n) is 16.2. The first-order valence-corrected chi connectivity index (χ1v) is 9.94. The number of fused-ring (bicyclic) bond motifs is 1. The summed E-state index contributed by atoms with van der Waals surface area (Å²) in [4.78, 5) is 28.8. The number of hydrogen-bond donors (Lipinski definition) is 2. The van der Waals surface area contributed by atoms with Crippen LogP contribution >= 0.6 is 0 Å². The van der Waals surface area contributed by atoms with Crippen LogP contribution in [-0.2, 0) is 13.1 Å². The number of nitrogens with zero attached hydrogens (tertiary/aromatic N) is 2. The van der Waals surface area contributed by atoms with E-state index in [1.165, 1.54) is 37.0 Å². The number of nitrogens with one attached hydrogen (secondary N) is 2. The van der Waals surface area contributed by atoms with Gasteiger partial charge in [-0.05, 0) is 43.1 Å². The van der Waals surface area contributed by atoms with Crippen LogP contribution in [-0.4, -0.2) is 33.8 Å². The molecule has 0 unspecified atom stereocenters. The van der Waals surface area contributed by atoms with Crippen molar-refractivity contribution in [1.82, 2.24) is 15.2 Å². The van der Waals surface area contributed by atoms with E-state index in [0.29, 0.717) is 23.0 Å². The topological polar surface area (TPSA) is 91.3 Å². The molecule has 1 aliphatic heterocycles. The van der Waals surface area contributed by atoms with Crippen LogP contribution in [0.25, 0.3) is 10.9 Å². The quantitative estimate of drug-likeness (QED) is 0.490. The number of aromatic amines is 1. The lowest BCUT2D eigenvalue weighted by atomic mass is 10.0. The van der Waals surface area contributed by atoms with Gasteiger partial charge in [0.25, 0.3) is 11.6 Å². The fourth-order valence-electron chi connectivity index (χ4n) is 3.92. The highest BCUT2D eigenvalue weighted by atomic mass is 16.6. The maximum atomic E-state index is 12.8. The standard InChI is InChI=1S/C22H24N4O3/c27-22(20-14-23-21-9-8-18(26(28)29)12-19(20)21)24-13-16-6-2-3-7-17(16)15-25-10-4-1-5-11-25/h2-3,6-9,12,14,23H,1,4-5,10-11,13,15H2,(H,24,27). The van der Waals surface area contributed by atoms with Crippen molar-refractivity contribution in [3.05, 3.63) is 75.5 Å². The van der Waals surface area contributed by atoms with Crippen LogP contribution in [0.5, 0.6) is 0 Å². The molecule has 0 spiro atoms. The lowest BCUT2D eigenvalue weighted by Crippen LogP contribution is -2.30. The Labute approximate surface area is 168 Å². The summed E-state index contributed by atoms with van der Waals surface area (Å²) in [5, 5.41) is 14.6. The predicted octanol–water partition coefficient (Wildman–Crippen LogP) is 3.99. The SMILES string of the molecule is O=C(NCc1ccccc1CN1CCCCC1)c1c[nH]c2ccc([N+](=O)[O-])cc12. The summed E-state index contributed by atoms with van der Waals surface area (Å²) >= 11 is 0. The smallest absolute Gasteiger partial charge is 0.270 e. The van der Waals surface area contributed by atoms with Crippen molar-refractivity contribution in [3.63, 3.8) is 0 Å². The van der Waals surface area contributed by atoms with E-state index in [2.05, 4.69) is 21.3 Å². The molecule has 150 valence electrons. The fraction of sp³-hybridized carbons (Fsp3) is 0.318. The van der Waals surface area contributed by atoms with Gasteiger partial charge in [0.1, 0.15) is 0 Å². The molecule has 1 aliphatic rings. The van der Waals surface area contributed by atoms with E-state index in [1.54, 1.807) is 12.3 Å². The summed E-state index contributed by atoms with van der Waals surface area (Å²) in [5.41, 5.74) is 3.41. The van der Waals surface area contributed by atoms with E-state index >= 15 is 0 Å². The van der Waals surface area contributed by atoms with E-state index in [-0.39, 0.29) is 11.6 Å². The molecule has 4 rings (SSSR count). The normalized spacial score (nSPS) is 14.8. The minimum Gasteiger partial charge on any atom is -0.360 e. The molecule has 7 nitrogen and oxygen atoms in total. The molecule has 3 aromatic rings. The van der Waals surface area contributed by atoms with Crippen molar-refractivity contribution in [2.24, 2.45) is 0 Å². The molecule has 29 heavy (non-hydrogen) atoms. The van der Waals surface area contributed by atoms with Crippen molar-refractivity contribution in [1.29, 1.82) is 0 Å². The highest BCUT2D eigenvalue weighted by Gasteiger charge is 2.16. The first-order chi connectivity index (χ1) is 14.1. The molecule has 0 radical (unpaired) electrons. The average molecular weight is 392 g/mol. The number of nitro groups is 1. The van der Waals surface area contributed by atoms with Gasteiger partial charge in [-0.2, -0.15) is 0 Å². The molecular weight excluding hydrogens is 368 g/mol. The molecule has 0 atom stereocenters. The zero-order chi connectivity index (χ0) is 20.2. The Morgan fingerprint density at radius 1 is 1.10 bits per heavy atom. The summed E-state index contributed by atoms with van der Waals surface area (Å²) < 4.78 is 0. The van der Waals surface area contributed by atoms with E-state index < -0.39 is 4.92 Å². The summed E-state index contributed by atoms with van der Waals surface area (Å²) in [5.74, 6) is -0.246. The van der Waals surface area contributed by atoms with Gasteiger partial charge in [-0.25, -0.2) is 0 Å². The Morgan fingerprint density at radius 3 is 2.62 bits per heavy atom. The Hall–Kier alpha value is -3.19. The number of non-ortho nitro benzene ring substituents is 1. The first-order valence-electron chi connectivity index (χ1n) is 9.94. The molecule has 2 heterocycles. The van der Waals surface area contributed by atoms with Crippen LogP contribution < -0.4 is 5.32 Å². The number of rotatable bonds is 6. The Bertz CT molecular complexity index is 1040. The van der Waals surface area contributed by atoms with Crippen LogP contribution in [0, 0.1) is 10.1 Å². The molecular formula is C22H24N4O3. The summed E-state index contributed by atoms with van der Waals surface area (Å²) in [6, 6.07) is 12.7. The summed E-state index contributed by atoms with van der Waals surface area (Å²) in [7, 11) is 0. The summed E-state index contributed by atoms with van der Waals surface area (Å²) in [6.07, 6.45) is 5.39. The minimum atomic E-state index is -0.453. The minimum absolute atomic E-state index is 0.0296. The number of amides is 1. The van der Waals surface area contributed by atoms with Gasteiger partial charge in [0.05, 0.1) is 10.5 Å². The van der Waals surface area contributed by atoms with Gasteiger partial charge in [-0.3, -0.25) is 19.8 Å². The average Bonchev–Trinajstić information content (AvgIpc) is 3.17. The van der Waals surface area contributed by atoms with E-state index in [4.69, 9.17) is 0 Å². The van der Waals surface area contributed by atoms with Gasteiger partial charge >= 0.3 is 0 Å². The third-order valence-electron chi connectivity index (χ3n) is 5.52. The van der Waals surface area contributed by atoms with Crippen molar-refractivity contribution < 1.29 is 9.72 Å². The number of hydrogen-bond acceptors (Lipinski definition) is 4. The van der Waals surface area contributed by atoms with Gasteiger partial charge in [0.15, 0.2) is 0 Å². The molecule has 0 saturated carbocycles. The van der Waals surface area contributed by atoms with Crippen LogP contribution in [0.3, 0.4) is 0 Å². The molecule has 1 fully saturated rings. The zero-order valence-corrected chi connectivity index (χ0v) is 16.2. The van der Waals surface area contributed by atoms with Crippen molar-refractivity contribution in [2.75, 3.05) is 13.1 Å². The van der Waals surface area contributed by atoms with Crippen molar-refractivity contribution >= 4 is 22.5 Å².